The molecule has 4 heteroatoms. The molecule has 0 bridgehead atoms. The fourth-order valence-corrected chi connectivity index (χ4v) is 2.95. The molecule has 0 radical (unpaired) electrons. The minimum Gasteiger partial charge on any atom is -0.503 e. The number of aromatic hydroxyl groups is 1. The number of carbonyl (C=O) groups excluding carboxylic acids is 1. The number of nitrogens with zero attached hydrogens (tertiary/aromatic N) is 2. The van der Waals surface area contributed by atoms with Crippen LogP contribution < -0.4 is 9.47 Å². The highest BCUT2D eigenvalue weighted by Crippen LogP contribution is 2.32. The Kier molecular flexibility index (Phi) is 3.37. The molecule has 0 saturated heterocycles. The smallest absolute Gasteiger partial charge is 0.296 e. The van der Waals surface area contributed by atoms with E-state index in [0.29, 0.717) is 0 Å². The minimum atomic E-state index is -0.356. The number of aromatic nitrogens is 1. The summed E-state index contributed by atoms with van der Waals surface area (Å²) in [4.78, 5) is 14.7. The molecule has 1 N–H and O–H groups in total. The minimum absolute atomic E-state index is 0.0445. The number of fused-ring (bicyclic) bond motifs is 1. The van der Waals surface area contributed by atoms with E-state index in [1.807, 2.05) is 30.0 Å². The summed E-state index contributed by atoms with van der Waals surface area (Å²) in [5, 5.41) is 9.57. The molecule has 0 fully saturated rings. The van der Waals surface area contributed by atoms with E-state index in [-0.39, 0.29) is 23.7 Å². The molecule has 108 valence electrons. The molecule has 4 nitrogen and oxygen atoms in total. The Hall–Kier alpha value is -2.36. The Labute approximate surface area is 124 Å². The van der Waals surface area contributed by atoms with Crippen LogP contribution in [0.2, 0.25) is 0 Å². The molecule has 21 heavy (non-hydrogen) atoms. The molecule has 0 saturated carbocycles. The molecule has 3 rings (SSSR count). The SMILES string of the molecule is C[C@@H]1Cc2ccccc2N1C(=O)[C@H](C)[n+]1cccc(O)c1. The van der Waals surface area contributed by atoms with Crippen molar-refractivity contribution in [2.24, 2.45) is 0 Å². The van der Waals surface area contributed by atoms with Crippen LogP contribution in [-0.2, 0) is 11.2 Å². The maximum absolute atomic E-state index is 12.9. The highest BCUT2D eigenvalue weighted by molar-refractivity contribution is 5.97. The molecule has 1 aromatic heterocycles. The third-order valence-corrected chi connectivity index (χ3v) is 4.06. The van der Waals surface area contributed by atoms with Gasteiger partial charge in [0.1, 0.15) is 0 Å². The van der Waals surface area contributed by atoms with Crippen molar-refractivity contribution in [3.63, 3.8) is 0 Å². The van der Waals surface area contributed by atoms with Crippen molar-refractivity contribution in [3.05, 3.63) is 54.4 Å². The zero-order chi connectivity index (χ0) is 15.0. The highest BCUT2D eigenvalue weighted by atomic mass is 16.3. The molecule has 1 aliphatic rings. The van der Waals surface area contributed by atoms with E-state index in [0.717, 1.165) is 12.1 Å². The van der Waals surface area contributed by atoms with E-state index in [1.165, 1.54) is 5.56 Å². The predicted molar refractivity (Wildman–Crippen MR) is 80.1 cm³/mol. The van der Waals surface area contributed by atoms with Gasteiger partial charge in [0.25, 0.3) is 5.91 Å². The summed E-state index contributed by atoms with van der Waals surface area (Å²) in [6, 6.07) is 11.2. The standard InChI is InChI=1S/C17H18N2O2/c1-12-10-14-6-3-4-8-16(14)19(12)17(21)13(2)18-9-5-7-15(20)11-18/h3-9,11-13H,10H2,1-2H3/p+1/t12-,13+/m1/s1. The summed E-state index contributed by atoms with van der Waals surface area (Å²) in [5.74, 6) is 0.204. The van der Waals surface area contributed by atoms with Gasteiger partial charge in [0.2, 0.25) is 12.2 Å². The van der Waals surface area contributed by atoms with Gasteiger partial charge in [-0.2, -0.15) is 4.57 Å². The van der Waals surface area contributed by atoms with E-state index in [9.17, 15) is 9.90 Å². The summed E-state index contributed by atoms with van der Waals surface area (Å²) in [6.07, 6.45) is 4.27. The zero-order valence-corrected chi connectivity index (χ0v) is 12.2. The number of amides is 1. The lowest BCUT2D eigenvalue weighted by Crippen LogP contribution is -2.49. The van der Waals surface area contributed by atoms with Crippen LogP contribution in [0.3, 0.4) is 0 Å². The molecule has 1 amide bonds. The van der Waals surface area contributed by atoms with Crippen molar-refractivity contribution < 1.29 is 14.5 Å². The number of para-hydroxylation sites is 1. The van der Waals surface area contributed by atoms with Crippen LogP contribution in [0.4, 0.5) is 5.69 Å². The summed E-state index contributed by atoms with van der Waals surface area (Å²) >= 11 is 0. The van der Waals surface area contributed by atoms with Gasteiger partial charge >= 0.3 is 0 Å². The molecule has 1 aliphatic heterocycles. The number of hydrogen-bond acceptors (Lipinski definition) is 2. The van der Waals surface area contributed by atoms with Gasteiger partial charge in [0, 0.05) is 24.7 Å². The van der Waals surface area contributed by atoms with Gasteiger partial charge < -0.3 is 10.0 Å². The number of rotatable bonds is 2. The number of carbonyl (C=O) groups is 1. The molecular weight excluding hydrogens is 264 g/mol. The third-order valence-electron chi connectivity index (χ3n) is 4.06. The maximum Gasteiger partial charge on any atom is 0.296 e. The second-order valence-electron chi connectivity index (χ2n) is 5.58. The molecule has 0 unspecified atom stereocenters. The number of benzene rings is 1. The first kappa shape index (κ1) is 13.6. The molecule has 0 spiro atoms. The van der Waals surface area contributed by atoms with Gasteiger partial charge in [0.05, 0.1) is 0 Å². The van der Waals surface area contributed by atoms with Gasteiger partial charge in [-0.1, -0.05) is 18.2 Å². The van der Waals surface area contributed by atoms with E-state index >= 15 is 0 Å². The first-order chi connectivity index (χ1) is 10.1. The Morgan fingerprint density at radius 2 is 2.10 bits per heavy atom. The van der Waals surface area contributed by atoms with Gasteiger partial charge in [-0.05, 0) is 31.0 Å². The monoisotopic (exact) mass is 283 g/mol. The Bertz CT molecular complexity index is 684. The second kappa shape index (κ2) is 5.20. The number of anilines is 1. The Morgan fingerprint density at radius 3 is 2.86 bits per heavy atom. The van der Waals surface area contributed by atoms with Gasteiger partial charge in [0.15, 0.2) is 11.9 Å². The summed E-state index contributed by atoms with van der Waals surface area (Å²) < 4.78 is 1.74. The number of hydrogen-bond donors (Lipinski definition) is 1. The van der Waals surface area contributed by atoms with Crippen LogP contribution in [0.15, 0.2) is 48.8 Å². The average molecular weight is 283 g/mol. The lowest BCUT2D eigenvalue weighted by atomic mass is 10.1. The number of pyridine rings is 1. The van der Waals surface area contributed by atoms with Crippen LogP contribution in [-0.4, -0.2) is 17.1 Å². The van der Waals surface area contributed by atoms with Gasteiger partial charge in [-0.25, -0.2) is 0 Å². The van der Waals surface area contributed by atoms with Crippen molar-refractivity contribution in [1.82, 2.24) is 0 Å². The molecule has 1 aromatic carbocycles. The van der Waals surface area contributed by atoms with Crippen molar-refractivity contribution in [2.45, 2.75) is 32.4 Å². The van der Waals surface area contributed by atoms with Crippen LogP contribution in [0.1, 0.15) is 25.5 Å². The third kappa shape index (κ3) is 2.37. The lowest BCUT2D eigenvalue weighted by Gasteiger charge is -2.23. The summed E-state index contributed by atoms with van der Waals surface area (Å²) in [7, 11) is 0. The fourth-order valence-electron chi connectivity index (χ4n) is 2.95. The quantitative estimate of drug-likeness (QED) is 0.859. The van der Waals surface area contributed by atoms with E-state index in [2.05, 4.69) is 13.0 Å². The molecule has 2 heterocycles. The van der Waals surface area contributed by atoms with Gasteiger partial charge in [-0.3, -0.25) is 4.79 Å². The van der Waals surface area contributed by atoms with Crippen LogP contribution in [0, 0.1) is 0 Å². The first-order valence-electron chi connectivity index (χ1n) is 7.18. The van der Waals surface area contributed by atoms with Crippen LogP contribution in [0.25, 0.3) is 0 Å². The van der Waals surface area contributed by atoms with Crippen LogP contribution >= 0.6 is 0 Å². The Morgan fingerprint density at radius 1 is 1.33 bits per heavy atom. The Balaban J connectivity index is 1.92. The molecule has 2 aromatic rings. The molecule has 2 atom stereocenters. The summed E-state index contributed by atoms with van der Waals surface area (Å²) in [6.45, 7) is 3.92. The molecular formula is C17H19N2O2+. The van der Waals surface area contributed by atoms with Crippen molar-refractivity contribution in [1.29, 1.82) is 0 Å². The van der Waals surface area contributed by atoms with E-state index in [4.69, 9.17) is 0 Å². The zero-order valence-electron chi connectivity index (χ0n) is 12.2. The maximum atomic E-state index is 12.9. The second-order valence-corrected chi connectivity index (χ2v) is 5.58. The molecule has 0 aliphatic carbocycles. The van der Waals surface area contributed by atoms with Crippen molar-refractivity contribution >= 4 is 11.6 Å². The van der Waals surface area contributed by atoms with Crippen LogP contribution in [0.5, 0.6) is 5.75 Å². The van der Waals surface area contributed by atoms with E-state index < -0.39 is 0 Å². The lowest BCUT2D eigenvalue weighted by molar-refractivity contribution is -0.706. The van der Waals surface area contributed by atoms with Gasteiger partial charge in [-0.15, -0.1) is 0 Å². The topological polar surface area (TPSA) is 44.4 Å². The first-order valence-corrected chi connectivity index (χ1v) is 7.18. The van der Waals surface area contributed by atoms with Crippen molar-refractivity contribution in [3.8, 4) is 5.75 Å². The highest BCUT2D eigenvalue weighted by Gasteiger charge is 2.36. The van der Waals surface area contributed by atoms with Crippen molar-refractivity contribution in [2.75, 3.05) is 4.90 Å². The largest absolute Gasteiger partial charge is 0.503 e. The normalized spacial score (nSPS) is 18.4. The predicted octanol–water partition coefficient (Wildman–Crippen LogP) is 2.22. The van der Waals surface area contributed by atoms with E-state index in [1.54, 1.807) is 29.1 Å². The summed E-state index contributed by atoms with van der Waals surface area (Å²) in [5.41, 5.74) is 2.22. The fraction of sp³-hybridized carbons (Fsp3) is 0.294. The average Bonchev–Trinajstić information content (AvgIpc) is 2.81.